The number of para-hydroxylation sites is 1. The van der Waals surface area contributed by atoms with Gasteiger partial charge < -0.3 is 20.1 Å². The largest absolute Gasteiger partial charge is 0.493 e. The van der Waals surface area contributed by atoms with Crippen LogP contribution in [0.4, 0.5) is 11.4 Å². The lowest BCUT2D eigenvalue weighted by molar-refractivity contribution is -0.114. The maximum absolute atomic E-state index is 13.9. The minimum Gasteiger partial charge on any atom is -0.493 e. The number of ether oxygens (including phenoxy) is 2. The summed E-state index contributed by atoms with van der Waals surface area (Å²) in [6.45, 7) is 7.61. The summed E-state index contributed by atoms with van der Waals surface area (Å²) in [5, 5.41) is 5.56. The molecule has 0 aromatic heterocycles. The van der Waals surface area contributed by atoms with Gasteiger partial charge in [0.25, 0.3) is 15.9 Å². The van der Waals surface area contributed by atoms with Crippen molar-refractivity contribution in [1.29, 1.82) is 0 Å². The van der Waals surface area contributed by atoms with Gasteiger partial charge in [-0.2, -0.15) is 0 Å². The Hall–Kier alpha value is -4.05. The van der Waals surface area contributed by atoms with Crippen LogP contribution < -0.4 is 24.4 Å². The number of nitrogens with zero attached hydrogens (tertiary/aromatic N) is 1. The zero-order valence-corrected chi connectivity index (χ0v) is 23.9. The first-order valence-electron chi connectivity index (χ1n) is 12.5. The fourth-order valence-electron chi connectivity index (χ4n) is 4.02. The highest BCUT2D eigenvalue weighted by atomic mass is 32.2. The van der Waals surface area contributed by atoms with Gasteiger partial charge in [-0.05, 0) is 67.3 Å². The van der Waals surface area contributed by atoms with E-state index in [4.69, 9.17) is 9.47 Å². The van der Waals surface area contributed by atoms with E-state index in [1.807, 2.05) is 33.8 Å². The first-order valence-corrected chi connectivity index (χ1v) is 13.9. The third-order valence-corrected chi connectivity index (χ3v) is 7.61. The number of methoxy groups -OCH3 is 2. The van der Waals surface area contributed by atoms with E-state index in [0.29, 0.717) is 18.0 Å². The second kappa shape index (κ2) is 12.7. The number of amides is 2. The lowest BCUT2D eigenvalue weighted by Gasteiger charge is -2.25. The maximum atomic E-state index is 13.9. The Labute approximate surface area is 230 Å². The summed E-state index contributed by atoms with van der Waals surface area (Å²) in [4.78, 5) is 26.0. The number of aryl methyl sites for hydroxylation is 2. The third kappa shape index (κ3) is 7.29. The minimum atomic E-state index is -4.22. The molecule has 3 aromatic rings. The van der Waals surface area contributed by atoms with Crippen LogP contribution in [0.15, 0.2) is 65.6 Å². The van der Waals surface area contributed by atoms with Gasteiger partial charge in [-0.15, -0.1) is 0 Å². The van der Waals surface area contributed by atoms with Crippen LogP contribution in [0.3, 0.4) is 0 Å². The second-order valence-corrected chi connectivity index (χ2v) is 11.4. The zero-order chi connectivity index (χ0) is 28.7. The number of anilines is 2. The SMILES string of the molecule is COc1ccc(S(=O)(=O)N(CC(=O)Nc2ccccc2C(=O)NCC(C)C)c2cc(C)cc(C)c2)cc1OC. The molecule has 0 radical (unpaired) electrons. The molecule has 0 heterocycles. The third-order valence-electron chi connectivity index (χ3n) is 5.84. The van der Waals surface area contributed by atoms with Crippen LogP contribution in [0.2, 0.25) is 0 Å². The average molecular weight is 554 g/mol. The summed E-state index contributed by atoms with van der Waals surface area (Å²) in [6.07, 6.45) is 0. The molecule has 0 aliphatic heterocycles. The Balaban J connectivity index is 1.99. The fraction of sp³-hybridized carbons (Fsp3) is 0.310. The van der Waals surface area contributed by atoms with Crippen LogP contribution in [0.1, 0.15) is 35.3 Å². The van der Waals surface area contributed by atoms with Crippen molar-refractivity contribution in [2.75, 3.05) is 36.9 Å². The molecule has 3 rings (SSSR count). The predicted molar refractivity (Wildman–Crippen MR) is 152 cm³/mol. The maximum Gasteiger partial charge on any atom is 0.264 e. The lowest BCUT2D eigenvalue weighted by Crippen LogP contribution is -2.38. The molecule has 0 unspecified atom stereocenters. The minimum absolute atomic E-state index is 0.0689. The second-order valence-electron chi connectivity index (χ2n) is 9.57. The Kier molecular flexibility index (Phi) is 9.58. The van der Waals surface area contributed by atoms with Crippen molar-refractivity contribution in [3.8, 4) is 11.5 Å². The van der Waals surface area contributed by atoms with Gasteiger partial charge in [0.15, 0.2) is 11.5 Å². The van der Waals surface area contributed by atoms with E-state index >= 15 is 0 Å². The van der Waals surface area contributed by atoms with Gasteiger partial charge >= 0.3 is 0 Å². The van der Waals surface area contributed by atoms with Crippen molar-refractivity contribution in [1.82, 2.24) is 5.32 Å². The summed E-state index contributed by atoms with van der Waals surface area (Å²) in [7, 11) is -1.35. The van der Waals surface area contributed by atoms with Gasteiger partial charge in [-0.3, -0.25) is 13.9 Å². The molecule has 0 fully saturated rings. The van der Waals surface area contributed by atoms with Gasteiger partial charge in [0.2, 0.25) is 5.91 Å². The molecule has 208 valence electrons. The van der Waals surface area contributed by atoms with Crippen LogP contribution >= 0.6 is 0 Å². The molecule has 0 saturated heterocycles. The highest BCUT2D eigenvalue weighted by Crippen LogP contribution is 2.33. The van der Waals surface area contributed by atoms with E-state index in [-0.39, 0.29) is 33.7 Å². The number of sulfonamides is 1. The van der Waals surface area contributed by atoms with Crippen molar-refractivity contribution in [3.05, 3.63) is 77.4 Å². The highest BCUT2D eigenvalue weighted by Gasteiger charge is 2.29. The Morgan fingerprint density at radius 2 is 1.54 bits per heavy atom. The lowest BCUT2D eigenvalue weighted by atomic mass is 10.1. The molecule has 0 atom stereocenters. The average Bonchev–Trinajstić information content (AvgIpc) is 2.89. The Bertz CT molecular complexity index is 1430. The van der Waals surface area contributed by atoms with Gasteiger partial charge in [0.1, 0.15) is 6.54 Å². The Morgan fingerprint density at radius 3 is 2.15 bits per heavy atom. The molecule has 0 spiro atoms. The zero-order valence-electron chi connectivity index (χ0n) is 23.1. The smallest absolute Gasteiger partial charge is 0.264 e. The number of hydrogen-bond acceptors (Lipinski definition) is 6. The summed E-state index contributed by atoms with van der Waals surface area (Å²) < 4.78 is 39.4. The molecular formula is C29H35N3O6S. The van der Waals surface area contributed by atoms with Crippen LogP contribution in [0.25, 0.3) is 0 Å². The molecule has 0 aliphatic carbocycles. The first kappa shape index (κ1) is 29.5. The molecule has 0 aliphatic rings. The topological polar surface area (TPSA) is 114 Å². The van der Waals surface area contributed by atoms with Gasteiger partial charge in [0.05, 0.1) is 36.1 Å². The number of carbonyl (C=O) groups excluding carboxylic acids is 2. The number of nitrogens with one attached hydrogen (secondary N) is 2. The van der Waals surface area contributed by atoms with E-state index in [0.717, 1.165) is 15.4 Å². The highest BCUT2D eigenvalue weighted by molar-refractivity contribution is 7.92. The van der Waals surface area contributed by atoms with Crippen LogP contribution in [-0.2, 0) is 14.8 Å². The fourth-order valence-corrected chi connectivity index (χ4v) is 5.44. The Morgan fingerprint density at radius 1 is 0.897 bits per heavy atom. The molecule has 2 amide bonds. The molecule has 2 N–H and O–H groups in total. The summed E-state index contributed by atoms with van der Waals surface area (Å²) in [6, 6.07) is 16.2. The van der Waals surface area contributed by atoms with Crippen molar-refractivity contribution in [2.45, 2.75) is 32.6 Å². The van der Waals surface area contributed by atoms with E-state index in [2.05, 4.69) is 10.6 Å². The van der Waals surface area contributed by atoms with Crippen molar-refractivity contribution in [2.24, 2.45) is 5.92 Å². The van der Waals surface area contributed by atoms with Crippen LogP contribution in [0, 0.1) is 19.8 Å². The summed E-state index contributed by atoms with van der Waals surface area (Å²) >= 11 is 0. The monoisotopic (exact) mass is 553 g/mol. The molecule has 3 aromatic carbocycles. The molecule has 39 heavy (non-hydrogen) atoms. The van der Waals surface area contributed by atoms with E-state index in [1.54, 1.807) is 36.4 Å². The number of hydrogen-bond donors (Lipinski definition) is 2. The van der Waals surface area contributed by atoms with Gasteiger partial charge in [-0.25, -0.2) is 8.42 Å². The van der Waals surface area contributed by atoms with Crippen molar-refractivity contribution in [3.63, 3.8) is 0 Å². The van der Waals surface area contributed by atoms with Crippen molar-refractivity contribution >= 4 is 33.2 Å². The van der Waals surface area contributed by atoms with Gasteiger partial charge in [-0.1, -0.05) is 32.0 Å². The standard InChI is InChI=1S/C29H35N3O6S/c1-19(2)17-30-29(34)24-9-7-8-10-25(24)31-28(33)18-32(22-14-20(3)13-21(4)15-22)39(35,36)23-11-12-26(37-5)27(16-23)38-6/h7-16,19H,17-18H2,1-6H3,(H,30,34)(H,31,33). The molecule has 0 saturated carbocycles. The predicted octanol–water partition coefficient (Wildman–Crippen LogP) is 4.54. The van der Waals surface area contributed by atoms with Gasteiger partial charge in [0, 0.05) is 12.6 Å². The van der Waals surface area contributed by atoms with E-state index in [1.165, 1.54) is 32.4 Å². The summed E-state index contributed by atoms with van der Waals surface area (Å²) in [5.41, 5.74) is 2.58. The quantitative estimate of drug-likeness (QED) is 0.360. The first-order chi connectivity index (χ1) is 18.5. The van der Waals surface area contributed by atoms with Crippen molar-refractivity contribution < 1.29 is 27.5 Å². The molecular weight excluding hydrogens is 518 g/mol. The molecule has 9 nitrogen and oxygen atoms in total. The number of carbonyl (C=O) groups is 2. The molecule has 10 heteroatoms. The van der Waals surface area contributed by atoms with Crippen LogP contribution in [0.5, 0.6) is 11.5 Å². The number of benzene rings is 3. The summed E-state index contributed by atoms with van der Waals surface area (Å²) in [5.74, 6) is -0.0703. The normalized spacial score (nSPS) is 11.2. The van der Waals surface area contributed by atoms with Crippen LogP contribution in [-0.4, -0.2) is 47.5 Å². The van der Waals surface area contributed by atoms with E-state index in [9.17, 15) is 18.0 Å². The van der Waals surface area contributed by atoms with E-state index < -0.39 is 22.5 Å². The molecule has 0 bridgehead atoms. The number of rotatable bonds is 11.